The Labute approximate surface area is 146 Å². The molecule has 0 aliphatic carbocycles. The number of benzene rings is 1. The van der Waals surface area contributed by atoms with Crippen LogP contribution >= 0.6 is 0 Å². The number of nitrogens with zero attached hydrogens (tertiary/aromatic N) is 2. The van der Waals surface area contributed by atoms with Crippen LogP contribution in [0.25, 0.3) is 10.9 Å². The Morgan fingerprint density at radius 3 is 2.62 bits per heavy atom. The van der Waals surface area contributed by atoms with Crippen LogP contribution in [0.4, 0.5) is 13.2 Å². The summed E-state index contributed by atoms with van der Waals surface area (Å²) in [5.41, 5.74) is 0.467. The summed E-state index contributed by atoms with van der Waals surface area (Å²) in [7, 11) is 0. The van der Waals surface area contributed by atoms with Gasteiger partial charge in [-0.1, -0.05) is 0 Å². The summed E-state index contributed by atoms with van der Waals surface area (Å²) in [5.74, 6) is -1.19. The van der Waals surface area contributed by atoms with Gasteiger partial charge < -0.3 is 15.0 Å². The highest BCUT2D eigenvalue weighted by Crippen LogP contribution is 2.27. The maximum Gasteiger partial charge on any atom is 0.573 e. The lowest BCUT2D eigenvalue weighted by Gasteiger charge is -2.16. The van der Waals surface area contributed by atoms with Crippen molar-refractivity contribution in [2.24, 2.45) is 0 Å². The molecular weight excluding hydrogens is 351 g/mol. The zero-order chi connectivity index (χ0) is 18.7. The van der Waals surface area contributed by atoms with Crippen LogP contribution in [0.15, 0.2) is 30.5 Å². The molecule has 26 heavy (non-hydrogen) atoms. The molecule has 1 N–H and O–H groups in total. The van der Waals surface area contributed by atoms with E-state index in [1.807, 2.05) is 0 Å². The van der Waals surface area contributed by atoms with E-state index in [9.17, 15) is 22.8 Å². The van der Waals surface area contributed by atoms with E-state index in [-0.39, 0.29) is 23.4 Å². The summed E-state index contributed by atoms with van der Waals surface area (Å²) >= 11 is 0. The molecule has 0 saturated carbocycles. The molecule has 2 amide bonds. The van der Waals surface area contributed by atoms with E-state index in [2.05, 4.69) is 15.0 Å². The summed E-state index contributed by atoms with van der Waals surface area (Å²) in [4.78, 5) is 30.1. The maximum atomic E-state index is 12.4. The number of rotatable bonds is 4. The fraction of sp³-hybridized carbons (Fsp3) is 0.353. The van der Waals surface area contributed by atoms with Gasteiger partial charge in [-0.2, -0.15) is 0 Å². The molecule has 1 fully saturated rings. The predicted molar refractivity (Wildman–Crippen MR) is 86.6 cm³/mol. The first-order valence-corrected chi connectivity index (χ1v) is 8.04. The van der Waals surface area contributed by atoms with Crippen LogP contribution in [0.2, 0.25) is 0 Å². The van der Waals surface area contributed by atoms with E-state index >= 15 is 0 Å². The lowest BCUT2D eigenvalue weighted by molar-refractivity contribution is -0.274. The summed E-state index contributed by atoms with van der Waals surface area (Å²) in [6.45, 7) is 1.18. The van der Waals surface area contributed by atoms with Gasteiger partial charge in [-0.25, -0.2) is 0 Å². The maximum absolute atomic E-state index is 12.4. The molecule has 1 aromatic heterocycles. The number of carbonyl (C=O) groups excluding carboxylic acids is 2. The number of alkyl halides is 3. The van der Waals surface area contributed by atoms with Gasteiger partial charge in [0.15, 0.2) is 0 Å². The molecule has 0 radical (unpaired) electrons. The van der Waals surface area contributed by atoms with Crippen molar-refractivity contribution in [3.8, 4) is 5.75 Å². The number of carbonyl (C=O) groups is 2. The molecule has 1 aromatic carbocycles. The van der Waals surface area contributed by atoms with Crippen molar-refractivity contribution in [2.45, 2.75) is 19.2 Å². The van der Waals surface area contributed by atoms with Crippen molar-refractivity contribution in [1.29, 1.82) is 0 Å². The molecule has 0 bridgehead atoms. The smallest absolute Gasteiger partial charge is 0.406 e. The standard InChI is InChI=1S/C17H16F3N3O3/c18-17(19,20)26-11-3-4-14-13(9-11)12(5-6-21-14)16(25)22-10-15(24)23-7-1-2-8-23/h3-6,9H,1-2,7-8,10H2,(H,22,25). The average molecular weight is 367 g/mol. The third kappa shape index (κ3) is 4.22. The lowest BCUT2D eigenvalue weighted by atomic mass is 10.1. The monoisotopic (exact) mass is 367 g/mol. The topological polar surface area (TPSA) is 71.5 Å². The number of pyridine rings is 1. The predicted octanol–water partition coefficient (Wildman–Crippen LogP) is 2.49. The first kappa shape index (κ1) is 18.0. The quantitative estimate of drug-likeness (QED) is 0.901. The summed E-state index contributed by atoms with van der Waals surface area (Å²) in [6, 6.07) is 4.95. The van der Waals surface area contributed by atoms with E-state index in [4.69, 9.17) is 0 Å². The Kier molecular flexibility index (Phi) is 4.97. The van der Waals surface area contributed by atoms with Gasteiger partial charge in [0, 0.05) is 24.7 Å². The van der Waals surface area contributed by atoms with E-state index < -0.39 is 18.0 Å². The highest BCUT2D eigenvalue weighted by atomic mass is 19.4. The molecule has 0 atom stereocenters. The number of hydrogen-bond acceptors (Lipinski definition) is 4. The van der Waals surface area contributed by atoms with Gasteiger partial charge in [0.25, 0.3) is 5.91 Å². The average Bonchev–Trinajstić information content (AvgIpc) is 3.12. The fourth-order valence-corrected chi connectivity index (χ4v) is 2.85. The first-order chi connectivity index (χ1) is 12.3. The summed E-state index contributed by atoms with van der Waals surface area (Å²) in [6.07, 6.45) is -1.57. The van der Waals surface area contributed by atoms with E-state index in [0.717, 1.165) is 25.0 Å². The van der Waals surface area contributed by atoms with Crippen LogP contribution in [0.1, 0.15) is 23.2 Å². The SMILES string of the molecule is O=C(NCC(=O)N1CCCC1)c1ccnc2ccc(OC(F)(F)F)cc12. The number of likely N-dealkylation sites (tertiary alicyclic amines) is 1. The molecule has 138 valence electrons. The van der Waals surface area contributed by atoms with Gasteiger partial charge in [0.05, 0.1) is 17.6 Å². The fourth-order valence-electron chi connectivity index (χ4n) is 2.85. The van der Waals surface area contributed by atoms with Crippen molar-refractivity contribution < 1.29 is 27.5 Å². The minimum atomic E-state index is -4.83. The molecule has 0 spiro atoms. The molecular formula is C17H16F3N3O3. The number of aromatic nitrogens is 1. The third-order valence-electron chi connectivity index (χ3n) is 4.05. The Bertz CT molecular complexity index is 833. The molecule has 1 saturated heterocycles. The molecule has 1 aliphatic heterocycles. The van der Waals surface area contributed by atoms with Crippen LogP contribution in [-0.2, 0) is 4.79 Å². The van der Waals surface area contributed by atoms with Crippen molar-refractivity contribution in [3.05, 3.63) is 36.0 Å². The Morgan fingerprint density at radius 1 is 1.19 bits per heavy atom. The Hall–Kier alpha value is -2.84. The highest BCUT2D eigenvalue weighted by Gasteiger charge is 2.31. The molecule has 0 unspecified atom stereocenters. The minimum Gasteiger partial charge on any atom is -0.406 e. The number of fused-ring (bicyclic) bond motifs is 1. The van der Waals surface area contributed by atoms with Gasteiger partial charge in [-0.05, 0) is 37.1 Å². The second-order valence-corrected chi connectivity index (χ2v) is 5.86. The number of hydrogen-bond donors (Lipinski definition) is 1. The first-order valence-electron chi connectivity index (χ1n) is 8.04. The van der Waals surface area contributed by atoms with Gasteiger partial charge in [-0.15, -0.1) is 13.2 Å². The number of halogens is 3. The van der Waals surface area contributed by atoms with Gasteiger partial charge in [0.1, 0.15) is 5.75 Å². The summed E-state index contributed by atoms with van der Waals surface area (Å²) in [5, 5.41) is 2.72. The third-order valence-corrected chi connectivity index (χ3v) is 4.05. The van der Waals surface area contributed by atoms with Gasteiger partial charge in [-0.3, -0.25) is 14.6 Å². The van der Waals surface area contributed by atoms with E-state index in [0.29, 0.717) is 18.6 Å². The minimum absolute atomic E-state index is 0.122. The van der Waals surface area contributed by atoms with Crippen LogP contribution in [0, 0.1) is 0 Å². The zero-order valence-corrected chi connectivity index (χ0v) is 13.7. The van der Waals surface area contributed by atoms with Crippen LogP contribution in [0.5, 0.6) is 5.75 Å². The normalized spacial score (nSPS) is 14.5. The van der Waals surface area contributed by atoms with Gasteiger partial charge >= 0.3 is 6.36 Å². The molecule has 1 aliphatic rings. The van der Waals surface area contributed by atoms with Crippen LogP contribution in [-0.4, -0.2) is 47.7 Å². The summed E-state index contributed by atoms with van der Waals surface area (Å²) < 4.78 is 41.1. The number of amides is 2. The Morgan fingerprint density at radius 2 is 1.92 bits per heavy atom. The van der Waals surface area contributed by atoms with Crippen LogP contribution in [0.3, 0.4) is 0 Å². The van der Waals surface area contributed by atoms with Crippen LogP contribution < -0.4 is 10.1 Å². The van der Waals surface area contributed by atoms with E-state index in [1.54, 1.807) is 4.90 Å². The van der Waals surface area contributed by atoms with Gasteiger partial charge in [0.2, 0.25) is 5.91 Å². The lowest BCUT2D eigenvalue weighted by Crippen LogP contribution is -2.38. The molecule has 2 aromatic rings. The molecule has 6 nitrogen and oxygen atoms in total. The second kappa shape index (κ2) is 7.19. The second-order valence-electron chi connectivity index (χ2n) is 5.86. The highest BCUT2D eigenvalue weighted by molar-refractivity contribution is 6.07. The molecule has 3 rings (SSSR count). The van der Waals surface area contributed by atoms with Crippen molar-refractivity contribution >= 4 is 22.7 Å². The number of ether oxygens (including phenoxy) is 1. The van der Waals surface area contributed by atoms with Crippen molar-refractivity contribution in [1.82, 2.24) is 15.2 Å². The molecule has 2 heterocycles. The number of nitrogens with one attached hydrogen (secondary N) is 1. The largest absolute Gasteiger partial charge is 0.573 e. The van der Waals surface area contributed by atoms with Crippen molar-refractivity contribution in [2.75, 3.05) is 19.6 Å². The van der Waals surface area contributed by atoms with E-state index in [1.165, 1.54) is 18.3 Å². The molecule has 9 heteroatoms. The zero-order valence-electron chi connectivity index (χ0n) is 13.7. The Balaban J connectivity index is 1.78. The van der Waals surface area contributed by atoms with Crippen molar-refractivity contribution in [3.63, 3.8) is 0 Å².